The van der Waals surface area contributed by atoms with Gasteiger partial charge in [-0.15, -0.1) is 0 Å². The quantitative estimate of drug-likeness (QED) is 0.202. The van der Waals surface area contributed by atoms with E-state index < -0.39 is 8.87 Å². The van der Waals surface area contributed by atoms with Crippen LogP contribution >= 0.6 is 24.3 Å². The van der Waals surface area contributed by atoms with Crippen molar-refractivity contribution in [3.63, 3.8) is 0 Å². The summed E-state index contributed by atoms with van der Waals surface area (Å²) < 4.78 is 36.3. The summed E-state index contributed by atoms with van der Waals surface area (Å²) in [6.07, 6.45) is 9.78. The Hall–Kier alpha value is -3.00. The number of benzene rings is 2. The zero-order valence-corrected chi connectivity index (χ0v) is 27.0. The Kier molecular flexibility index (Phi) is 10.6. The van der Waals surface area contributed by atoms with E-state index in [-0.39, 0.29) is 19.5 Å². The summed E-state index contributed by atoms with van der Waals surface area (Å²) in [5.74, 6) is 2.03. The molecular weight excluding hydrogens is 593 g/mol. The first-order chi connectivity index (χ1) is 19.7. The Morgan fingerprint density at radius 2 is 1.81 bits per heavy atom. The van der Waals surface area contributed by atoms with E-state index in [4.69, 9.17) is 14.5 Å². The number of fused-ring (bicyclic) bond motifs is 1. The molecule has 0 spiro atoms. The minimum atomic E-state index is -3.05. The molecule has 42 heavy (non-hydrogen) atoms. The largest absolute Gasteiger partial charge is 0.497 e. The fourth-order valence-electron chi connectivity index (χ4n) is 5.23. The van der Waals surface area contributed by atoms with Crippen molar-refractivity contribution in [1.29, 1.82) is 0 Å². The molecule has 1 aliphatic heterocycles. The zero-order chi connectivity index (χ0) is 29.0. The Bertz CT molecular complexity index is 1590. The standard InChI is InChI=1S/C29H36N6O4S2.H2S/c1-33-19-21(17-31-33)29-18-30-27-9-8-22(15-28(27)32-29)35(24-13-25(38-2)16-26(14-24)39-3)12-6-11-34-10-5-7-23(34)20-40-41(4,36)37;/h8-9,13-19,23H,5-7,10-12,20H2,1-4H3;1H2/t23-;/m0./s1. The molecule has 5 rings (SSSR count). The number of anilines is 2. The number of likely N-dealkylation sites (tertiary alicyclic amines) is 1. The third-order valence-corrected chi connectivity index (χ3v) is 9.93. The van der Waals surface area contributed by atoms with E-state index in [1.54, 1.807) is 31.3 Å². The van der Waals surface area contributed by atoms with Crippen LogP contribution in [0.2, 0.25) is 0 Å². The lowest BCUT2D eigenvalue weighted by molar-refractivity contribution is 0.271. The molecule has 0 radical (unpaired) electrons. The van der Waals surface area contributed by atoms with Crippen LogP contribution in [0.4, 0.5) is 11.4 Å². The van der Waals surface area contributed by atoms with Gasteiger partial charge in [-0.3, -0.25) is 14.6 Å². The lowest BCUT2D eigenvalue weighted by Gasteiger charge is -2.29. The molecule has 13 heteroatoms. The molecule has 1 atom stereocenters. The first-order valence-corrected chi connectivity index (χ1v) is 17.0. The Morgan fingerprint density at radius 1 is 1.05 bits per heavy atom. The van der Waals surface area contributed by atoms with Crippen LogP contribution < -0.4 is 14.4 Å². The third kappa shape index (κ3) is 7.88. The minimum absolute atomic E-state index is 0. The highest BCUT2D eigenvalue weighted by Crippen LogP contribution is 2.34. The number of methoxy groups -OCH3 is 2. The van der Waals surface area contributed by atoms with Crippen LogP contribution in [0, 0.1) is 0 Å². The van der Waals surface area contributed by atoms with Crippen LogP contribution in [0.1, 0.15) is 19.3 Å². The summed E-state index contributed by atoms with van der Waals surface area (Å²) in [7, 11) is 3.18. The third-order valence-electron chi connectivity index (χ3n) is 7.29. The Morgan fingerprint density at radius 3 is 2.48 bits per heavy atom. The predicted molar refractivity (Wildman–Crippen MR) is 175 cm³/mol. The first kappa shape index (κ1) is 31.9. The van der Waals surface area contributed by atoms with E-state index in [2.05, 4.69) is 32.0 Å². The maximum absolute atomic E-state index is 11.7. The molecular formula is C29H38N6O4S3. The van der Waals surface area contributed by atoms with Crippen molar-refractivity contribution in [3.8, 4) is 22.8 Å². The molecule has 3 heterocycles. The van der Waals surface area contributed by atoms with Crippen molar-refractivity contribution in [1.82, 2.24) is 24.6 Å². The van der Waals surface area contributed by atoms with Crippen LogP contribution in [0.15, 0.2) is 55.0 Å². The van der Waals surface area contributed by atoms with E-state index >= 15 is 0 Å². The van der Waals surface area contributed by atoms with Crippen molar-refractivity contribution in [2.75, 3.05) is 50.8 Å². The van der Waals surface area contributed by atoms with Gasteiger partial charge in [-0.05, 0) is 54.8 Å². The van der Waals surface area contributed by atoms with Gasteiger partial charge in [-0.2, -0.15) is 18.6 Å². The van der Waals surface area contributed by atoms with Crippen molar-refractivity contribution in [2.45, 2.75) is 25.3 Å². The number of hydrogen-bond donors (Lipinski definition) is 0. The minimum Gasteiger partial charge on any atom is -0.497 e. The number of aromatic nitrogens is 4. The van der Waals surface area contributed by atoms with E-state index in [0.717, 1.165) is 83.4 Å². The fourth-order valence-corrected chi connectivity index (χ4v) is 7.22. The predicted octanol–water partition coefficient (Wildman–Crippen LogP) is 4.85. The summed E-state index contributed by atoms with van der Waals surface area (Å²) >= 11 is 0. The number of rotatable bonds is 12. The average Bonchev–Trinajstić information content (AvgIpc) is 3.61. The molecule has 1 saturated heterocycles. The second kappa shape index (κ2) is 14.0. The second-order valence-electron chi connectivity index (χ2n) is 10.2. The molecule has 0 saturated carbocycles. The molecule has 2 aromatic carbocycles. The van der Waals surface area contributed by atoms with E-state index in [1.165, 1.54) is 6.26 Å². The molecule has 2 aromatic heterocycles. The van der Waals surface area contributed by atoms with Crippen LogP contribution in [-0.4, -0.2) is 85.0 Å². The molecule has 0 amide bonds. The zero-order valence-electron chi connectivity index (χ0n) is 24.4. The Balaban J connectivity index is 0.00000405. The smallest absolute Gasteiger partial charge is 0.198 e. The van der Waals surface area contributed by atoms with Gasteiger partial charge >= 0.3 is 0 Å². The van der Waals surface area contributed by atoms with E-state index in [1.807, 2.05) is 37.5 Å². The summed E-state index contributed by atoms with van der Waals surface area (Å²) in [6, 6.07) is 12.3. The highest BCUT2D eigenvalue weighted by molar-refractivity contribution is 8.71. The maximum Gasteiger partial charge on any atom is 0.198 e. The number of hydrogen-bond acceptors (Lipinski definition) is 10. The topological polar surface area (TPSA) is 103 Å². The van der Waals surface area contributed by atoms with Gasteiger partial charge in [-0.25, -0.2) is 13.4 Å². The van der Waals surface area contributed by atoms with Crippen LogP contribution in [-0.2, 0) is 15.9 Å². The maximum atomic E-state index is 11.7. The van der Waals surface area contributed by atoms with Crippen molar-refractivity contribution in [2.24, 2.45) is 7.05 Å². The summed E-state index contributed by atoms with van der Waals surface area (Å²) in [6.45, 7) is 2.61. The highest BCUT2D eigenvalue weighted by Gasteiger charge is 2.26. The van der Waals surface area contributed by atoms with Gasteiger partial charge in [0.1, 0.15) is 11.5 Å². The van der Waals surface area contributed by atoms with Crippen LogP contribution in [0.3, 0.4) is 0 Å². The van der Waals surface area contributed by atoms with Gasteiger partial charge in [-0.1, -0.05) is 0 Å². The van der Waals surface area contributed by atoms with Gasteiger partial charge in [0.2, 0.25) is 0 Å². The molecule has 0 unspecified atom stereocenters. The fraction of sp³-hybridized carbons (Fsp3) is 0.414. The van der Waals surface area contributed by atoms with E-state index in [9.17, 15) is 8.42 Å². The highest BCUT2D eigenvalue weighted by atomic mass is 33.1. The summed E-state index contributed by atoms with van der Waals surface area (Å²) in [4.78, 5) is 14.2. The molecule has 0 bridgehead atoms. The molecule has 0 aliphatic carbocycles. The number of aryl methyl sites for hydroxylation is 1. The SMILES string of the molecule is COc1cc(OC)cc(N(CCCN2CCC[C@H]2CSS(C)(=O)=O)c2ccc3ncc(-c4cnn(C)c4)nc3c2)c1.S. The monoisotopic (exact) mass is 630 g/mol. The lowest BCUT2D eigenvalue weighted by Crippen LogP contribution is -2.34. The normalized spacial score (nSPS) is 15.5. The number of nitrogens with zero attached hydrogens (tertiary/aromatic N) is 6. The summed E-state index contributed by atoms with van der Waals surface area (Å²) in [5, 5.41) is 4.27. The van der Waals surface area contributed by atoms with Gasteiger partial charge in [0, 0.05) is 79.5 Å². The van der Waals surface area contributed by atoms with Crippen LogP contribution in [0.5, 0.6) is 11.5 Å². The van der Waals surface area contributed by atoms with E-state index in [0.29, 0.717) is 17.3 Å². The lowest BCUT2D eigenvalue weighted by atomic mass is 10.1. The van der Waals surface area contributed by atoms with Gasteiger partial charge in [0.25, 0.3) is 0 Å². The number of ether oxygens (including phenoxy) is 2. The van der Waals surface area contributed by atoms with Crippen LogP contribution in [0.25, 0.3) is 22.3 Å². The average molecular weight is 631 g/mol. The molecule has 0 N–H and O–H groups in total. The molecule has 226 valence electrons. The van der Waals surface area contributed by atoms with Gasteiger partial charge in [0.15, 0.2) is 8.87 Å². The second-order valence-corrected chi connectivity index (χ2v) is 14.7. The first-order valence-electron chi connectivity index (χ1n) is 13.6. The summed E-state index contributed by atoms with van der Waals surface area (Å²) in [5.41, 5.74) is 5.22. The Labute approximate surface area is 258 Å². The molecule has 1 aliphatic rings. The van der Waals surface area contributed by atoms with Crippen molar-refractivity contribution in [3.05, 3.63) is 55.0 Å². The van der Waals surface area contributed by atoms with Gasteiger partial charge in [0.05, 0.1) is 43.3 Å². The molecule has 1 fully saturated rings. The van der Waals surface area contributed by atoms with Crippen molar-refractivity contribution >= 4 is 55.6 Å². The van der Waals surface area contributed by atoms with Gasteiger partial charge < -0.3 is 14.4 Å². The van der Waals surface area contributed by atoms with Crippen molar-refractivity contribution < 1.29 is 17.9 Å². The molecule has 10 nitrogen and oxygen atoms in total. The molecule has 4 aromatic rings.